The molecule has 73 heavy (non-hydrogen) atoms. The second kappa shape index (κ2) is 24.3. The Kier molecular flexibility index (Phi) is 17.9. The van der Waals surface area contributed by atoms with Crippen molar-refractivity contribution in [1.29, 1.82) is 0 Å². The molecule has 2 saturated heterocycles. The Morgan fingerprint density at radius 1 is 0.890 bits per heavy atom. The first-order valence-electron chi connectivity index (χ1n) is 26.4. The van der Waals surface area contributed by atoms with Gasteiger partial charge in [0, 0.05) is 81.4 Å². The van der Waals surface area contributed by atoms with E-state index in [1.165, 1.54) is 12.4 Å². The molecule has 2 aliphatic heterocycles. The largest absolute Gasteiger partial charge is 0.416 e. The van der Waals surface area contributed by atoms with Crippen molar-refractivity contribution in [3.05, 3.63) is 60.2 Å². The fourth-order valence-electron chi connectivity index (χ4n) is 11.7. The number of rotatable bonds is 19. The monoisotopic (exact) mass is 1020 g/mol. The van der Waals surface area contributed by atoms with Gasteiger partial charge >= 0.3 is 6.18 Å². The van der Waals surface area contributed by atoms with Crippen molar-refractivity contribution in [2.45, 2.75) is 171 Å². The highest BCUT2D eigenvalue weighted by Gasteiger charge is 2.45. The van der Waals surface area contributed by atoms with Crippen LogP contribution in [-0.4, -0.2) is 148 Å². The van der Waals surface area contributed by atoms with E-state index >= 15 is 0 Å². The topological polar surface area (TPSA) is 200 Å². The summed E-state index contributed by atoms with van der Waals surface area (Å²) in [5, 5.41) is 12.8. The smallest absolute Gasteiger partial charge is 0.378 e. The minimum atomic E-state index is -4.55. The number of halogens is 3. The van der Waals surface area contributed by atoms with Gasteiger partial charge in [-0.25, -0.2) is 9.97 Å². The molecule has 3 saturated carbocycles. The number of hydrogen-bond acceptors (Lipinski definition) is 12. The summed E-state index contributed by atoms with van der Waals surface area (Å²) in [5.74, 6) is -0.981. The first-order valence-corrected chi connectivity index (χ1v) is 26.4. The van der Waals surface area contributed by atoms with Crippen LogP contribution in [0.4, 0.5) is 19.0 Å². The average Bonchev–Trinajstić information content (AvgIpc) is 3.90. The third-order valence-corrected chi connectivity index (χ3v) is 16.1. The zero-order valence-electron chi connectivity index (χ0n) is 42.6. The molecule has 4 N–H and O–H groups in total. The SMILES string of the molecule is CC(C)N(C)[C@@H]1CC[C@H](N2CC[C@H](Nc3ncnc4ccc(C(F)(F)F)cc34)C2=O)[C@H](NC(=O)C2CCC(NC(=O)CCCO[C@H]3CC[C@@H](OCCNC(=O)[C@H]4CC(=O)N(C)[C@@H]4c4cccnc4)CC3)CC2)C1. The minimum Gasteiger partial charge on any atom is -0.378 e. The second-order valence-corrected chi connectivity index (χ2v) is 21.1. The molecule has 6 atom stereocenters. The number of ether oxygens (including phenoxy) is 2. The molecule has 5 aliphatic rings. The lowest BCUT2D eigenvalue weighted by molar-refractivity contribution is -0.137. The maximum absolute atomic E-state index is 14.1. The Balaban J connectivity index is 0.724. The van der Waals surface area contributed by atoms with Gasteiger partial charge < -0.3 is 45.4 Å². The van der Waals surface area contributed by atoms with Gasteiger partial charge in [-0.1, -0.05) is 6.07 Å². The molecule has 0 bridgehead atoms. The molecule has 2 aromatic heterocycles. The van der Waals surface area contributed by atoms with E-state index in [1.54, 1.807) is 30.4 Å². The van der Waals surface area contributed by atoms with Crippen molar-refractivity contribution in [3.8, 4) is 0 Å². The van der Waals surface area contributed by atoms with Crippen LogP contribution in [0.15, 0.2) is 49.1 Å². The zero-order chi connectivity index (χ0) is 51.8. The van der Waals surface area contributed by atoms with Gasteiger partial charge in [0.25, 0.3) is 0 Å². The van der Waals surface area contributed by atoms with E-state index in [0.29, 0.717) is 95.6 Å². The molecule has 1 aromatic carbocycles. The fourth-order valence-corrected chi connectivity index (χ4v) is 11.7. The predicted molar refractivity (Wildman–Crippen MR) is 266 cm³/mol. The van der Waals surface area contributed by atoms with Crippen LogP contribution in [0.3, 0.4) is 0 Å². The summed E-state index contributed by atoms with van der Waals surface area (Å²) >= 11 is 0. The highest BCUT2D eigenvalue weighted by Crippen LogP contribution is 2.38. The Hall–Kier alpha value is -5.47. The lowest BCUT2D eigenvalue weighted by atomic mass is 9.82. The summed E-state index contributed by atoms with van der Waals surface area (Å²) in [7, 11) is 3.81. The highest BCUT2D eigenvalue weighted by atomic mass is 19.4. The lowest BCUT2D eigenvalue weighted by Crippen LogP contribution is -2.59. The molecule has 0 spiro atoms. The normalized spacial score (nSPS) is 28.0. The molecule has 5 amide bonds. The summed E-state index contributed by atoms with van der Waals surface area (Å²) < 4.78 is 53.1. The third kappa shape index (κ3) is 13.4. The van der Waals surface area contributed by atoms with E-state index in [1.807, 2.05) is 11.0 Å². The quantitative estimate of drug-likeness (QED) is 0.103. The fraction of sp³-hybridized carbons (Fsp3) is 0.660. The van der Waals surface area contributed by atoms with E-state index in [4.69, 9.17) is 9.47 Å². The molecule has 17 nitrogen and oxygen atoms in total. The van der Waals surface area contributed by atoms with Gasteiger partial charge in [-0.15, -0.1) is 0 Å². The van der Waals surface area contributed by atoms with Gasteiger partial charge in [0.15, 0.2) is 0 Å². The number of hydrogen-bond donors (Lipinski definition) is 4. The van der Waals surface area contributed by atoms with E-state index in [-0.39, 0.29) is 95.5 Å². The number of alkyl halides is 3. The number of nitrogens with one attached hydrogen (secondary N) is 4. The maximum atomic E-state index is 14.1. The Morgan fingerprint density at radius 3 is 2.33 bits per heavy atom. The number of nitrogens with zero attached hydrogens (tertiary/aromatic N) is 6. The average molecular weight is 1020 g/mol. The molecule has 0 unspecified atom stereocenters. The van der Waals surface area contributed by atoms with Gasteiger partial charge in [0.2, 0.25) is 29.5 Å². The number of carbonyl (C=O) groups excluding carboxylic acids is 5. The summed E-state index contributed by atoms with van der Waals surface area (Å²) in [6, 6.07) is 5.91. The number of carbonyl (C=O) groups is 5. The molecule has 398 valence electrons. The second-order valence-electron chi connectivity index (χ2n) is 21.1. The van der Waals surface area contributed by atoms with Crippen molar-refractivity contribution < 1.29 is 46.6 Å². The summed E-state index contributed by atoms with van der Waals surface area (Å²) in [6.07, 6.45) is 10.2. The van der Waals surface area contributed by atoms with Crippen molar-refractivity contribution in [2.24, 2.45) is 11.8 Å². The van der Waals surface area contributed by atoms with Gasteiger partial charge in [0.05, 0.1) is 53.9 Å². The van der Waals surface area contributed by atoms with Crippen LogP contribution >= 0.6 is 0 Å². The molecular formula is C53H73F3N10O7. The highest BCUT2D eigenvalue weighted by molar-refractivity contribution is 5.93. The van der Waals surface area contributed by atoms with E-state index in [9.17, 15) is 37.1 Å². The molecule has 8 rings (SSSR count). The van der Waals surface area contributed by atoms with E-state index in [0.717, 1.165) is 49.8 Å². The van der Waals surface area contributed by atoms with Crippen molar-refractivity contribution in [1.82, 2.24) is 45.6 Å². The number of pyridine rings is 1. The van der Waals surface area contributed by atoms with Gasteiger partial charge in [-0.05, 0) is 134 Å². The number of anilines is 1. The minimum absolute atomic E-state index is 0.0105. The lowest BCUT2D eigenvalue weighted by Gasteiger charge is -2.45. The van der Waals surface area contributed by atoms with Crippen LogP contribution in [0, 0.1) is 11.8 Å². The Morgan fingerprint density at radius 2 is 1.63 bits per heavy atom. The molecule has 3 aromatic rings. The number of amides is 5. The summed E-state index contributed by atoms with van der Waals surface area (Å²) in [6.45, 7) is 5.96. The number of fused-ring (bicyclic) bond motifs is 1. The van der Waals surface area contributed by atoms with Gasteiger partial charge in [-0.3, -0.25) is 29.0 Å². The maximum Gasteiger partial charge on any atom is 0.416 e. The van der Waals surface area contributed by atoms with E-state index in [2.05, 4.69) is 62.0 Å². The van der Waals surface area contributed by atoms with Crippen LogP contribution < -0.4 is 21.3 Å². The van der Waals surface area contributed by atoms with Crippen LogP contribution in [0.1, 0.15) is 127 Å². The van der Waals surface area contributed by atoms with E-state index < -0.39 is 23.7 Å². The van der Waals surface area contributed by atoms with Crippen LogP contribution in [0.25, 0.3) is 10.9 Å². The third-order valence-electron chi connectivity index (χ3n) is 16.1. The number of aromatic nitrogens is 3. The first kappa shape index (κ1) is 53.8. The van der Waals surface area contributed by atoms with Crippen LogP contribution in [0.5, 0.6) is 0 Å². The molecule has 20 heteroatoms. The van der Waals surface area contributed by atoms with Gasteiger partial charge in [-0.2, -0.15) is 13.2 Å². The number of benzene rings is 1. The molecule has 3 aliphatic carbocycles. The molecular weight excluding hydrogens is 946 g/mol. The van der Waals surface area contributed by atoms with Crippen LogP contribution in [0.2, 0.25) is 0 Å². The Bertz CT molecular complexity index is 2380. The number of likely N-dealkylation sites (tertiary alicyclic amines) is 2. The summed E-state index contributed by atoms with van der Waals surface area (Å²) in [4.78, 5) is 85.0. The summed E-state index contributed by atoms with van der Waals surface area (Å²) in [5.41, 5.74) is 0.355. The predicted octanol–water partition coefficient (Wildman–Crippen LogP) is 5.94. The van der Waals surface area contributed by atoms with Crippen LogP contribution in [-0.2, 0) is 39.6 Å². The molecule has 0 radical (unpaired) electrons. The van der Waals surface area contributed by atoms with Crippen molar-refractivity contribution in [3.63, 3.8) is 0 Å². The van der Waals surface area contributed by atoms with Gasteiger partial charge in [0.1, 0.15) is 18.2 Å². The zero-order valence-corrected chi connectivity index (χ0v) is 42.6. The Labute approximate surface area is 425 Å². The molecule has 4 heterocycles. The standard InChI is InChI=1S/C53H73F3N10O7/c1-32(2)64(3)37-14-20-45(66-24-21-43(52(66)71)62-49-40-27-35(53(54,55)56)11-19-42(40)59-31-60-49)44(28-37)63-50(69)33-9-12-36(13-10-33)61-46(67)8-6-25-72-38-15-17-39(18-16-38)73-26-23-58-51(70)41-29-47(68)65(4)48(41)34-7-5-22-57-30-34/h5,7,11,19,22,27,30-33,36-39,41,43-45,48H,6,8-10,12-18,20-21,23-26,28-29H2,1-4H3,(H,58,70)(H,61,67)(H,63,69)(H,59,60,62)/t33?,36?,37-,38-,39+,41+,43+,44-,45+,48-/m1/s1. The molecule has 5 fully saturated rings. The van der Waals surface area contributed by atoms with Crippen molar-refractivity contribution >= 4 is 46.3 Å². The first-order chi connectivity index (χ1) is 35.0. The van der Waals surface area contributed by atoms with Crippen molar-refractivity contribution in [2.75, 3.05) is 45.7 Å².